The van der Waals surface area contributed by atoms with Gasteiger partial charge in [-0.25, -0.2) is 0 Å². The molecule has 0 N–H and O–H groups in total. The SMILES string of the molecule is COS(=O)(=O)c1ccc2c(c1)C(C)(C)C1(/C=C/c3ccc(N(C)C)cc3)OCCN21. The van der Waals surface area contributed by atoms with Gasteiger partial charge in [-0.2, -0.15) is 8.42 Å². The molecule has 1 unspecified atom stereocenters. The van der Waals surface area contributed by atoms with Crippen LogP contribution in [-0.4, -0.2) is 48.5 Å². The average Bonchev–Trinajstić information content (AvgIpc) is 3.23. The smallest absolute Gasteiger partial charge is 0.296 e. The molecule has 0 radical (unpaired) electrons. The number of anilines is 2. The molecule has 2 aliphatic rings. The number of hydrogen-bond donors (Lipinski definition) is 0. The fraction of sp³-hybridized carbons (Fsp3) is 0.391. The van der Waals surface area contributed by atoms with Crippen molar-refractivity contribution in [3.63, 3.8) is 0 Å². The summed E-state index contributed by atoms with van der Waals surface area (Å²) in [5.74, 6) is 0. The predicted octanol–water partition coefficient (Wildman–Crippen LogP) is 3.63. The predicted molar refractivity (Wildman–Crippen MR) is 119 cm³/mol. The molecule has 2 aromatic rings. The molecule has 0 bridgehead atoms. The van der Waals surface area contributed by atoms with Gasteiger partial charge in [0.25, 0.3) is 10.1 Å². The monoisotopic (exact) mass is 428 g/mol. The molecule has 0 saturated carbocycles. The molecular weight excluding hydrogens is 400 g/mol. The summed E-state index contributed by atoms with van der Waals surface area (Å²) in [4.78, 5) is 4.46. The van der Waals surface area contributed by atoms with Crippen LogP contribution in [0.1, 0.15) is 25.0 Å². The summed E-state index contributed by atoms with van der Waals surface area (Å²) in [6.07, 6.45) is 4.19. The Morgan fingerprint density at radius 2 is 1.83 bits per heavy atom. The van der Waals surface area contributed by atoms with Gasteiger partial charge < -0.3 is 14.5 Å². The van der Waals surface area contributed by atoms with Crippen LogP contribution in [0.4, 0.5) is 11.4 Å². The van der Waals surface area contributed by atoms with Gasteiger partial charge in [0.1, 0.15) is 0 Å². The van der Waals surface area contributed by atoms with Crippen LogP contribution in [0.3, 0.4) is 0 Å². The molecule has 4 rings (SSSR count). The minimum atomic E-state index is -3.76. The van der Waals surface area contributed by atoms with E-state index in [-0.39, 0.29) is 4.90 Å². The Morgan fingerprint density at radius 1 is 1.13 bits per heavy atom. The second-order valence-corrected chi connectivity index (χ2v) is 10.2. The zero-order valence-corrected chi connectivity index (χ0v) is 18.9. The zero-order chi connectivity index (χ0) is 21.7. The van der Waals surface area contributed by atoms with Gasteiger partial charge in [-0.15, -0.1) is 0 Å². The first-order valence-corrected chi connectivity index (χ1v) is 11.4. The van der Waals surface area contributed by atoms with E-state index in [1.165, 1.54) is 7.11 Å². The Morgan fingerprint density at radius 3 is 2.47 bits per heavy atom. The van der Waals surface area contributed by atoms with Gasteiger partial charge >= 0.3 is 0 Å². The third-order valence-corrected chi connectivity index (χ3v) is 7.56. The van der Waals surface area contributed by atoms with Gasteiger partial charge in [-0.1, -0.05) is 32.1 Å². The van der Waals surface area contributed by atoms with E-state index in [0.717, 1.165) is 29.0 Å². The van der Waals surface area contributed by atoms with E-state index in [0.29, 0.717) is 6.61 Å². The van der Waals surface area contributed by atoms with Crippen molar-refractivity contribution in [2.45, 2.75) is 29.9 Å². The lowest BCUT2D eigenvalue weighted by Gasteiger charge is -2.39. The van der Waals surface area contributed by atoms with Crippen LogP contribution in [-0.2, 0) is 24.5 Å². The topological polar surface area (TPSA) is 59.1 Å². The fourth-order valence-electron chi connectivity index (χ4n) is 4.49. The molecule has 2 aromatic carbocycles. The number of ether oxygens (including phenoxy) is 1. The summed E-state index contributed by atoms with van der Waals surface area (Å²) >= 11 is 0. The molecule has 30 heavy (non-hydrogen) atoms. The van der Waals surface area contributed by atoms with Crippen LogP contribution in [0.25, 0.3) is 6.08 Å². The highest BCUT2D eigenvalue weighted by Crippen LogP contribution is 2.55. The van der Waals surface area contributed by atoms with Crippen molar-refractivity contribution < 1.29 is 17.3 Å². The molecule has 0 amide bonds. The molecule has 1 fully saturated rings. The second kappa shape index (κ2) is 7.11. The van der Waals surface area contributed by atoms with Crippen molar-refractivity contribution in [1.82, 2.24) is 0 Å². The number of rotatable bonds is 5. The van der Waals surface area contributed by atoms with Crippen molar-refractivity contribution in [2.75, 3.05) is 44.2 Å². The molecule has 0 spiro atoms. The van der Waals surface area contributed by atoms with Crippen LogP contribution >= 0.6 is 0 Å². The van der Waals surface area contributed by atoms with Gasteiger partial charge in [0.05, 0.1) is 18.6 Å². The van der Waals surface area contributed by atoms with E-state index in [9.17, 15) is 8.42 Å². The molecule has 2 aliphatic heterocycles. The maximum Gasteiger partial charge on any atom is 0.296 e. The molecule has 2 heterocycles. The van der Waals surface area contributed by atoms with Crippen molar-refractivity contribution in [3.05, 3.63) is 59.7 Å². The van der Waals surface area contributed by atoms with E-state index < -0.39 is 21.3 Å². The number of hydrogen-bond acceptors (Lipinski definition) is 6. The maximum absolute atomic E-state index is 12.2. The fourth-order valence-corrected chi connectivity index (χ4v) is 5.18. The van der Waals surface area contributed by atoms with E-state index >= 15 is 0 Å². The van der Waals surface area contributed by atoms with Crippen LogP contribution < -0.4 is 9.80 Å². The lowest BCUT2D eigenvalue weighted by molar-refractivity contribution is 0.000290. The lowest BCUT2D eigenvalue weighted by atomic mass is 9.77. The highest BCUT2D eigenvalue weighted by atomic mass is 32.2. The maximum atomic E-state index is 12.2. The van der Waals surface area contributed by atoms with Gasteiger partial charge in [0, 0.05) is 37.4 Å². The van der Waals surface area contributed by atoms with Crippen LogP contribution in [0.5, 0.6) is 0 Å². The molecule has 6 nitrogen and oxygen atoms in total. The highest BCUT2D eigenvalue weighted by Gasteiger charge is 2.59. The standard InChI is InChI=1S/C23H28N2O4S/c1-22(2)20-16-19(30(26,27)28-5)10-11-21(20)25-14-15-29-23(22,25)13-12-17-6-8-18(9-7-17)24(3)4/h6-13,16H,14-15H2,1-5H3/b13-12+. The molecule has 1 atom stereocenters. The number of nitrogens with zero attached hydrogens (tertiary/aromatic N) is 2. The first-order valence-electron chi connectivity index (χ1n) is 9.96. The van der Waals surface area contributed by atoms with Crippen molar-refractivity contribution >= 4 is 27.6 Å². The van der Waals surface area contributed by atoms with E-state index in [1.54, 1.807) is 12.1 Å². The first kappa shape index (κ1) is 20.9. The Labute approximate surface area is 178 Å². The molecule has 1 saturated heterocycles. The highest BCUT2D eigenvalue weighted by molar-refractivity contribution is 7.86. The third-order valence-electron chi connectivity index (χ3n) is 6.28. The quantitative estimate of drug-likeness (QED) is 0.678. The first-order chi connectivity index (χ1) is 14.1. The second-order valence-electron chi connectivity index (χ2n) is 8.44. The van der Waals surface area contributed by atoms with Gasteiger partial charge in [0.2, 0.25) is 0 Å². The van der Waals surface area contributed by atoms with Crippen LogP contribution in [0, 0.1) is 0 Å². The molecule has 0 aromatic heterocycles. The lowest BCUT2D eigenvalue weighted by Crippen LogP contribution is -2.51. The van der Waals surface area contributed by atoms with Crippen LogP contribution in [0.15, 0.2) is 53.4 Å². The summed E-state index contributed by atoms with van der Waals surface area (Å²) in [6.45, 7) is 5.56. The summed E-state index contributed by atoms with van der Waals surface area (Å²) in [5.41, 5.74) is 3.03. The van der Waals surface area contributed by atoms with Crippen molar-refractivity contribution in [3.8, 4) is 0 Å². The Kier molecular flexibility index (Phi) is 4.96. The normalized spacial score (nSPS) is 22.4. The van der Waals surface area contributed by atoms with Gasteiger partial charge in [-0.3, -0.25) is 4.18 Å². The summed E-state index contributed by atoms with van der Waals surface area (Å²) in [7, 11) is 1.46. The zero-order valence-electron chi connectivity index (χ0n) is 18.0. The van der Waals surface area contributed by atoms with Crippen molar-refractivity contribution in [1.29, 1.82) is 0 Å². The minimum Gasteiger partial charge on any atom is -0.378 e. The van der Waals surface area contributed by atoms with E-state index in [2.05, 4.69) is 60.1 Å². The van der Waals surface area contributed by atoms with Crippen molar-refractivity contribution in [2.24, 2.45) is 0 Å². The minimum absolute atomic E-state index is 0.163. The third kappa shape index (κ3) is 3.04. The Bertz CT molecular complexity index is 1090. The molecular formula is C23H28N2O4S. The van der Waals surface area contributed by atoms with E-state index in [1.807, 2.05) is 20.2 Å². The molecule has 0 aliphatic carbocycles. The number of fused-ring (bicyclic) bond motifs is 3. The van der Waals surface area contributed by atoms with Crippen LogP contribution in [0.2, 0.25) is 0 Å². The largest absolute Gasteiger partial charge is 0.378 e. The summed E-state index contributed by atoms with van der Waals surface area (Å²) < 4.78 is 35.5. The average molecular weight is 429 g/mol. The number of benzene rings is 2. The summed E-state index contributed by atoms with van der Waals surface area (Å²) in [5, 5.41) is 0. The Balaban J connectivity index is 1.75. The summed E-state index contributed by atoms with van der Waals surface area (Å²) in [6, 6.07) is 13.5. The van der Waals surface area contributed by atoms with E-state index in [4.69, 9.17) is 8.92 Å². The molecule has 160 valence electrons. The Hall–Kier alpha value is -2.35. The molecule has 7 heteroatoms. The van der Waals surface area contributed by atoms with Gasteiger partial charge in [0.15, 0.2) is 5.72 Å². The van der Waals surface area contributed by atoms with Gasteiger partial charge in [-0.05, 0) is 47.5 Å².